The number of benzene rings is 1. The van der Waals surface area contributed by atoms with Gasteiger partial charge in [0.15, 0.2) is 11.5 Å². The van der Waals surface area contributed by atoms with Gasteiger partial charge in [-0.25, -0.2) is 4.98 Å². The third-order valence-electron chi connectivity index (χ3n) is 4.02. The normalized spacial score (nSPS) is 19.4. The number of nitrogens with zero attached hydrogens (tertiary/aromatic N) is 2. The van der Waals surface area contributed by atoms with Crippen molar-refractivity contribution in [3.8, 4) is 11.5 Å². The predicted octanol–water partition coefficient (Wildman–Crippen LogP) is 2.32. The molecule has 2 aromatic rings. The second-order valence-corrected chi connectivity index (χ2v) is 5.53. The molecule has 1 N–H and O–H groups in total. The molecule has 2 aliphatic heterocycles. The van der Waals surface area contributed by atoms with E-state index in [1.165, 1.54) is 32.4 Å². The van der Waals surface area contributed by atoms with Crippen molar-refractivity contribution in [3.63, 3.8) is 0 Å². The summed E-state index contributed by atoms with van der Waals surface area (Å²) >= 11 is 0. The Balaban J connectivity index is 1.61. The smallest absolute Gasteiger partial charge is 0.163 e. The Kier molecular flexibility index (Phi) is 2.99. The zero-order chi connectivity index (χ0) is 13.4. The number of hydrogen-bond acceptors (Lipinski definition) is 4. The Hall–Kier alpha value is -1.75. The van der Waals surface area contributed by atoms with Crippen LogP contribution in [0.5, 0.6) is 11.5 Å². The maximum absolute atomic E-state index is 5.61. The van der Waals surface area contributed by atoms with E-state index in [0.717, 1.165) is 34.9 Å². The lowest BCUT2D eigenvalue weighted by Crippen LogP contribution is -2.29. The van der Waals surface area contributed by atoms with Gasteiger partial charge in [-0.2, -0.15) is 0 Å². The van der Waals surface area contributed by atoms with Crippen molar-refractivity contribution in [1.82, 2.24) is 14.9 Å². The minimum Gasteiger partial charge on any atom is -0.486 e. The average molecular weight is 273 g/mol. The molecule has 106 valence electrons. The minimum absolute atomic E-state index is 0.615. The molecule has 20 heavy (non-hydrogen) atoms. The third-order valence-corrected chi connectivity index (χ3v) is 4.02. The Morgan fingerprint density at radius 2 is 1.80 bits per heavy atom. The fraction of sp³-hybridized carbons (Fsp3) is 0.533. The van der Waals surface area contributed by atoms with E-state index >= 15 is 0 Å². The van der Waals surface area contributed by atoms with E-state index in [4.69, 9.17) is 9.47 Å². The average Bonchev–Trinajstić information content (AvgIpc) is 2.86. The van der Waals surface area contributed by atoms with Crippen LogP contribution in [0.4, 0.5) is 0 Å². The van der Waals surface area contributed by atoms with E-state index in [1.54, 1.807) is 0 Å². The Morgan fingerprint density at radius 1 is 1.05 bits per heavy atom. The van der Waals surface area contributed by atoms with Gasteiger partial charge in [-0.1, -0.05) is 6.42 Å². The molecular formula is C15H19N3O2. The molecule has 0 saturated carbocycles. The number of piperidine rings is 1. The van der Waals surface area contributed by atoms with Gasteiger partial charge >= 0.3 is 0 Å². The first-order valence-electron chi connectivity index (χ1n) is 7.39. The number of rotatable bonds is 2. The lowest BCUT2D eigenvalue weighted by Gasteiger charge is -2.25. The van der Waals surface area contributed by atoms with Gasteiger partial charge < -0.3 is 14.5 Å². The van der Waals surface area contributed by atoms with Gasteiger partial charge in [0.05, 0.1) is 17.6 Å². The lowest BCUT2D eigenvalue weighted by molar-refractivity contribution is 0.172. The van der Waals surface area contributed by atoms with Crippen LogP contribution >= 0.6 is 0 Å². The molecule has 0 radical (unpaired) electrons. The molecule has 0 spiro atoms. The number of hydrogen-bond donors (Lipinski definition) is 1. The van der Waals surface area contributed by atoms with Crippen LogP contribution in [-0.2, 0) is 6.54 Å². The predicted molar refractivity (Wildman–Crippen MR) is 76.2 cm³/mol. The summed E-state index contributed by atoms with van der Waals surface area (Å²) in [6.07, 6.45) is 3.96. The summed E-state index contributed by atoms with van der Waals surface area (Å²) in [7, 11) is 0. The van der Waals surface area contributed by atoms with Crippen LogP contribution in [0.25, 0.3) is 11.0 Å². The highest BCUT2D eigenvalue weighted by atomic mass is 16.6. The third kappa shape index (κ3) is 2.22. The molecule has 3 heterocycles. The van der Waals surface area contributed by atoms with Gasteiger partial charge in [0.2, 0.25) is 0 Å². The molecule has 1 fully saturated rings. The minimum atomic E-state index is 0.615. The summed E-state index contributed by atoms with van der Waals surface area (Å²) in [5.41, 5.74) is 1.99. The summed E-state index contributed by atoms with van der Waals surface area (Å²) in [4.78, 5) is 10.6. The summed E-state index contributed by atoms with van der Waals surface area (Å²) < 4.78 is 11.2. The van der Waals surface area contributed by atoms with Crippen molar-refractivity contribution in [1.29, 1.82) is 0 Å². The van der Waals surface area contributed by atoms with Crippen LogP contribution in [0.2, 0.25) is 0 Å². The number of fused-ring (bicyclic) bond motifs is 2. The van der Waals surface area contributed by atoms with Crippen molar-refractivity contribution >= 4 is 11.0 Å². The molecule has 5 heteroatoms. The van der Waals surface area contributed by atoms with E-state index in [1.807, 2.05) is 12.1 Å². The van der Waals surface area contributed by atoms with Crippen LogP contribution in [0.15, 0.2) is 12.1 Å². The van der Waals surface area contributed by atoms with Crippen molar-refractivity contribution in [2.75, 3.05) is 26.3 Å². The number of likely N-dealkylation sites (tertiary alicyclic amines) is 1. The van der Waals surface area contributed by atoms with Crippen LogP contribution < -0.4 is 9.47 Å². The van der Waals surface area contributed by atoms with Crippen molar-refractivity contribution in [3.05, 3.63) is 18.0 Å². The van der Waals surface area contributed by atoms with E-state index in [2.05, 4.69) is 14.9 Å². The topological polar surface area (TPSA) is 50.4 Å². The van der Waals surface area contributed by atoms with Gasteiger partial charge in [-0.15, -0.1) is 0 Å². The van der Waals surface area contributed by atoms with Gasteiger partial charge in [-0.3, -0.25) is 4.90 Å². The highest BCUT2D eigenvalue weighted by Crippen LogP contribution is 2.33. The second kappa shape index (κ2) is 4.98. The molecule has 2 aliphatic rings. The van der Waals surface area contributed by atoms with Crippen LogP contribution in [-0.4, -0.2) is 41.2 Å². The highest BCUT2D eigenvalue weighted by molar-refractivity contribution is 5.79. The maximum atomic E-state index is 5.61. The van der Waals surface area contributed by atoms with E-state index in [0.29, 0.717) is 13.2 Å². The van der Waals surface area contributed by atoms with Crippen molar-refractivity contribution in [2.24, 2.45) is 0 Å². The molecule has 1 saturated heterocycles. The molecule has 4 rings (SSSR count). The summed E-state index contributed by atoms with van der Waals surface area (Å²) in [6.45, 7) is 4.50. The van der Waals surface area contributed by atoms with E-state index in [9.17, 15) is 0 Å². The monoisotopic (exact) mass is 273 g/mol. The standard InChI is InChI=1S/C15H19N3O2/c1-2-4-18(5-3-1)10-15-16-11-8-13-14(9-12(11)17-15)20-7-6-19-13/h8-9H,1-7,10H2,(H,16,17). The zero-order valence-corrected chi connectivity index (χ0v) is 11.5. The molecular weight excluding hydrogens is 254 g/mol. The number of imidazole rings is 1. The largest absolute Gasteiger partial charge is 0.486 e. The molecule has 0 bridgehead atoms. The number of aromatic amines is 1. The molecule has 0 amide bonds. The second-order valence-electron chi connectivity index (χ2n) is 5.53. The van der Waals surface area contributed by atoms with Gasteiger partial charge in [0.1, 0.15) is 19.0 Å². The highest BCUT2D eigenvalue weighted by Gasteiger charge is 2.16. The number of ether oxygens (including phenoxy) is 2. The Labute approximate surface area is 117 Å². The summed E-state index contributed by atoms with van der Waals surface area (Å²) in [5, 5.41) is 0. The summed E-state index contributed by atoms with van der Waals surface area (Å²) in [5.74, 6) is 2.65. The molecule has 0 atom stereocenters. The number of nitrogens with one attached hydrogen (secondary N) is 1. The fourth-order valence-electron chi connectivity index (χ4n) is 3.00. The van der Waals surface area contributed by atoms with Gasteiger partial charge in [0, 0.05) is 12.1 Å². The zero-order valence-electron chi connectivity index (χ0n) is 11.5. The van der Waals surface area contributed by atoms with Crippen LogP contribution in [0.1, 0.15) is 25.1 Å². The van der Waals surface area contributed by atoms with E-state index in [-0.39, 0.29) is 0 Å². The molecule has 1 aromatic heterocycles. The van der Waals surface area contributed by atoms with Gasteiger partial charge in [0.25, 0.3) is 0 Å². The quantitative estimate of drug-likeness (QED) is 0.912. The first-order chi connectivity index (χ1) is 9.88. The number of aromatic nitrogens is 2. The summed E-state index contributed by atoms with van der Waals surface area (Å²) in [6, 6.07) is 3.97. The van der Waals surface area contributed by atoms with E-state index < -0.39 is 0 Å². The van der Waals surface area contributed by atoms with Crippen molar-refractivity contribution in [2.45, 2.75) is 25.8 Å². The Bertz CT molecular complexity index is 574. The van der Waals surface area contributed by atoms with Gasteiger partial charge in [-0.05, 0) is 25.9 Å². The van der Waals surface area contributed by atoms with Crippen molar-refractivity contribution < 1.29 is 9.47 Å². The molecule has 0 unspecified atom stereocenters. The first-order valence-corrected chi connectivity index (χ1v) is 7.39. The molecule has 1 aromatic carbocycles. The van der Waals surface area contributed by atoms with Crippen LogP contribution in [0, 0.1) is 0 Å². The molecule has 0 aliphatic carbocycles. The lowest BCUT2D eigenvalue weighted by atomic mass is 10.1. The maximum Gasteiger partial charge on any atom is 0.163 e. The Morgan fingerprint density at radius 3 is 2.60 bits per heavy atom. The fourth-order valence-corrected chi connectivity index (χ4v) is 3.00. The van der Waals surface area contributed by atoms with Crippen LogP contribution in [0.3, 0.4) is 0 Å². The number of H-pyrrole nitrogens is 1. The SMILES string of the molecule is c1c2c(cc3[nH]c(CN4CCCCC4)nc13)OCCO2. The first kappa shape index (κ1) is 12.0. The molecule has 5 nitrogen and oxygen atoms in total.